The van der Waals surface area contributed by atoms with E-state index in [1.165, 1.54) is 0 Å². The summed E-state index contributed by atoms with van der Waals surface area (Å²) in [7, 11) is 0. The van der Waals surface area contributed by atoms with Crippen LogP contribution in [0.25, 0.3) is 16.7 Å². The molecule has 0 saturated heterocycles. The van der Waals surface area contributed by atoms with E-state index in [0.29, 0.717) is 24.5 Å². The number of ether oxygens (including phenoxy) is 1. The van der Waals surface area contributed by atoms with Gasteiger partial charge in [0, 0.05) is 18.8 Å². The molecule has 0 aliphatic heterocycles. The minimum atomic E-state index is 0.00552. The van der Waals surface area contributed by atoms with Crippen molar-refractivity contribution in [2.45, 2.75) is 20.4 Å². The van der Waals surface area contributed by atoms with E-state index in [1.807, 2.05) is 42.6 Å². The SMILES string of the molecule is CCOc1ccc2c(n1)n1cccc1c(=O)n2CC. The van der Waals surface area contributed by atoms with Gasteiger partial charge in [-0.3, -0.25) is 9.20 Å². The monoisotopic (exact) mass is 257 g/mol. The van der Waals surface area contributed by atoms with Crippen LogP contribution in [0.15, 0.2) is 35.3 Å². The van der Waals surface area contributed by atoms with E-state index in [9.17, 15) is 4.79 Å². The maximum Gasteiger partial charge on any atom is 0.275 e. The minimum Gasteiger partial charge on any atom is -0.478 e. The van der Waals surface area contributed by atoms with Crippen LogP contribution in [0.5, 0.6) is 5.88 Å². The molecule has 0 aromatic carbocycles. The van der Waals surface area contributed by atoms with Gasteiger partial charge in [0.1, 0.15) is 5.52 Å². The van der Waals surface area contributed by atoms with Crippen molar-refractivity contribution >= 4 is 16.7 Å². The van der Waals surface area contributed by atoms with Gasteiger partial charge in [-0.1, -0.05) is 0 Å². The molecule has 5 heteroatoms. The summed E-state index contributed by atoms with van der Waals surface area (Å²) in [6.45, 7) is 5.06. The van der Waals surface area contributed by atoms with Gasteiger partial charge >= 0.3 is 0 Å². The van der Waals surface area contributed by atoms with E-state index in [1.54, 1.807) is 10.6 Å². The third-order valence-electron chi connectivity index (χ3n) is 3.17. The first kappa shape index (κ1) is 11.8. The van der Waals surface area contributed by atoms with Crippen LogP contribution < -0.4 is 10.3 Å². The van der Waals surface area contributed by atoms with Gasteiger partial charge in [-0.2, -0.15) is 4.98 Å². The summed E-state index contributed by atoms with van der Waals surface area (Å²) in [5.41, 5.74) is 2.20. The summed E-state index contributed by atoms with van der Waals surface area (Å²) in [4.78, 5) is 16.8. The maximum absolute atomic E-state index is 12.3. The molecule has 3 aromatic rings. The van der Waals surface area contributed by atoms with Gasteiger partial charge < -0.3 is 9.30 Å². The molecule has 0 aliphatic carbocycles. The summed E-state index contributed by atoms with van der Waals surface area (Å²) in [6, 6.07) is 7.35. The van der Waals surface area contributed by atoms with Crippen molar-refractivity contribution in [2.75, 3.05) is 6.61 Å². The highest BCUT2D eigenvalue weighted by atomic mass is 16.5. The second-order valence-electron chi connectivity index (χ2n) is 4.24. The number of rotatable bonds is 3. The maximum atomic E-state index is 12.3. The van der Waals surface area contributed by atoms with E-state index in [2.05, 4.69) is 4.98 Å². The number of hydrogen-bond acceptors (Lipinski definition) is 3. The van der Waals surface area contributed by atoms with Crippen LogP contribution >= 0.6 is 0 Å². The van der Waals surface area contributed by atoms with Gasteiger partial charge in [0.15, 0.2) is 5.65 Å². The van der Waals surface area contributed by atoms with Crippen molar-refractivity contribution in [3.05, 3.63) is 40.8 Å². The molecular formula is C14H15N3O2. The van der Waals surface area contributed by atoms with Crippen LogP contribution in [-0.2, 0) is 6.54 Å². The molecule has 3 aromatic heterocycles. The van der Waals surface area contributed by atoms with Crippen molar-refractivity contribution < 1.29 is 4.74 Å². The lowest BCUT2D eigenvalue weighted by atomic mass is 10.3. The lowest BCUT2D eigenvalue weighted by molar-refractivity contribution is 0.328. The first-order valence-electron chi connectivity index (χ1n) is 6.39. The Morgan fingerprint density at radius 3 is 2.79 bits per heavy atom. The fourth-order valence-corrected chi connectivity index (χ4v) is 2.34. The van der Waals surface area contributed by atoms with Crippen LogP contribution in [0, 0.1) is 0 Å². The predicted octanol–water partition coefficient (Wildman–Crippen LogP) is 2.07. The molecule has 0 bridgehead atoms. The van der Waals surface area contributed by atoms with Crippen molar-refractivity contribution in [1.82, 2.24) is 14.0 Å². The largest absolute Gasteiger partial charge is 0.478 e. The van der Waals surface area contributed by atoms with E-state index in [4.69, 9.17) is 4.74 Å². The third kappa shape index (κ3) is 1.69. The number of hydrogen-bond donors (Lipinski definition) is 0. The lowest BCUT2D eigenvalue weighted by Gasteiger charge is -2.11. The summed E-state index contributed by atoms with van der Waals surface area (Å²) in [5, 5.41) is 0. The Kier molecular flexibility index (Phi) is 2.74. The molecule has 0 saturated carbocycles. The summed E-state index contributed by atoms with van der Waals surface area (Å²) in [5.74, 6) is 0.575. The van der Waals surface area contributed by atoms with Gasteiger partial charge in [0.25, 0.3) is 5.56 Å². The molecule has 3 rings (SSSR count). The second-order valence-corrected chi connectivity index (χ2v) is 4.24. The zero-order chi connectivity index (χ0) is 13.4. The van der Waals surface area contributed by atoms with Crippen molar-refractivity contribution in [1.29, 1.82) is 0 Å². The highest BCUT2D eigenvalue weighted by molar-refractivity contribution is 5.75. The lowest BCUT2D eigenvalue weighted by Crippen LogP contribution is -2.22. The molecule has 3 heterocycles. The van der Waals surface area contributed by atoms with Crippen LogP contribution in [-0.4, -0.2) is 20.6 Å². The Hall–Kier alpha value is -2.30. The van der Waals surface area contributed by atoms with Gasteiger partial charge in [-0.25, -0.2) is 0 Å². The number of aryl methyl sites for hydroxylation is 1. The number of aromatic nitrogens is 3. The van der Waals surface area contributed by atoms with Crippen molar-refractivity contribution in [3.63, 3.8) is 0 Å². The third-order valence-corrected chi connectivity index (χ3v) is 3.17. The van der Waals surface area contributed by atoms with Crippen LogP contribution in [0.4, 0.5) is 0 Å². The molecule has 0 N–H and O–H groups in total. The number of fused-ring (bicyclic) bond motifs is 3. The van der Waals surface area contributed by atoms with Gasteiger partial charge in [-0.05, 0) is 32.0 Å². The van der Waals surface area contributed by atoms with E-state index >= 15 is 0 Å². The smallest absolute Gasteiger partial charge is 0.275 e. The predicted molar refractivity (Wildman–Crippen MR) is 73.8 cm³/mol. The molecule has 98 valence electrons. The molecule has 5 nitrogen and oxygen atoms in total. The first-order valence-corrected chi connectivity index (χ1v) is 6.39. The molecule has 0 aliphatic rings. The summed E-state index contributed by atoms with van der Waals surface area (Å²) in [6.07, 6.45) is 1.85. The Morgan fingerprint density at radius 2 is 2.05 bits per heavy atom. The van der Waals surface area contributed by atoms with Crippen LogP contribution in [0.3, 0.4) is 0 Å². The molecule has 19 heavy (non-hydrogen) atoms. The first-order chi connectivity index (χ1) is 9.26. The van der Waals surface area contributed by atoms with E-state index in [0.717, 1.165) is 11.2 Å². The second kappa shape index (κ2) is 4.42. The highest BCUT2D eigenvalue weighted by Gasteiger charge is 2.11. The minimum absolute atomic E-state index is 0.00552. The average molecular weight is 257 g/mol. The molecule has 0 atom stereocenters. The Morgan fingerprint density at radius 1 is 1.21 bits per heavy atom. The Labute approximate surface area is 110 Å². The van der Waals surface area contributed by atoms with Crippen molar-refractivity contribution in [2.24, 2.45) is 0 Å². The van der Waals surface area contributed by atoms with Crippen LogP contribution in [0.1, 0.15) is 13.8 Å². The zero-order valence-electron chi connectivity index (χ0n) is 11.0. The van der Waals surface area contributed by atoms with E-state index < -0.39 is 0 Å². The van der Waals surface area contributed by atoms with Gasteiger partial charge in [-0.15, -0.1) is 0 Å². The summed E-state index contributed by atoms with van der Waals surface area (Å²) >= 11 is 0. The van der Waals surface area contributed by atoms with Crippen LogP contribution in [0.2, 0.25) is 0 Å². The number of pyridine rings is 1. The summed E-state index contributed by atoms with van der Waals surface area (Å²) < 4.78 is 8.97. The van der Waals surface area contributed by atoms with Gasteiger partial charge in [0.2, 0.25) is 5.88 Å². The highest BCUT2D eigenvalue weighted by Crippen LogP contribution is 2.17. The Bertz CT molecular complexity index is 801. The van der Waals surface area contributed by atoms with E-state index in [-0.39, 0.29) is 5.56 Å². The molecule has 0 spiro atoms. The topological polar surface area (TPSA) is 48.5 Å². The Balaban J connectivity index is 2.46. The average Bonchev–Trinajstić information content (AvgIpc) is 2.90. The van der Waals surface area contributed by atoms with Crippen molar-refractivity contribution in [3.8, 4) is 5.88 Å². The standard InChI is InChI=1S/C14H15N3O2/c1-3-16-10-7-8-12(19-4-2)15-13(10)17-9-5-6-11(17)14(16)18/h5-9H,3-4H2,1-2H3. The fraction of sp³-hybridized carbons (Fsp3) is 0.286. The molecule has 0 fully saturated rings. The molecular weight excluding hydrogens is 242 g/mol. The van der Waals surface area contributed by atoms with Gasteiger partial charge in [0.05, 0.1) is 12.1 Å². The molecule has 0 amide bonds. The molecule has 0 radical (unpaired) electrons. The molecule has 0 unspecified atom stereocenters. The normalized spacial score (nSPS) is 11.3. The number of nitrogens with zero attached hydrogens (tertiary/aromatic N) is 3. The quantitative estimate of drug-likeness (QED) is 0.721. The fourth-order valence-electron chi connectivity index (χ4n) is 2.34. The zero-order valence-corrected chi connectivity index (χ0v) is 11.0.